The van der Waals surface area contributed by atoms with Crippen molar-refractivity contribution >= 4 is 25.0 Å². The molecule has 29 heavy (non-hydrogen) atoms. The molecule has 1 aliphatic rings. The van der Waals surface area contributed by atoms with Gasteiger partial charge < -0.3 is 37.3 Å². The van der Waals surface area contributed by atoms with Gasteiger partial charge in [0, 0.05) is 19.0 Å². The Hall–Kier alpha value is -2.47. The summed E-state index contributed by atoms with van der Waals surface area (Å²) in [7, 11) is -1.46. The summed E-state index contributed by atoms with van der Waals surface area (Å²) in [6.07, 6.45) is 1.17. The minimum atomic E-state index is -1.57. The summed E-state index contributed by atoms with van der Waals surface area (Å²) < 4.78 is 0. The fourth-order valence-corrected chi connectivity index (χ4v) is 3.47. The number of benzene rings is 1. The highest BCUT2D eigenvalue weighted by molar-refractivity contribution is 6.40. The Kier molecular flexibility index (Phi) is 7.74. The van der Waals surface area contributed by atoms with E-state index in [1.54, 1.807) is 0 Å². The van der Waals surface area contributed by atoms with Crippen LogP contribution in [0.5, 0.6) is 0 Å². The van der Waals surface area contributed by atoms with E-state index in [1.165, 1.54) is 4.90 Å². The monoisotopic (exact) mass is 405 g/mol. The Morgan fingerprint density at radius 1 is 1.31 bits per heavy atom. The lowest BCUT2D eigenvalue weighted by molar-refractivity contribution is -0.144. The van der Waals surface area contributed by atoms with Gasteiger partial charge in [0.1, 0.15) is 5.54 Å². The zero-order chi connectivity index (χ0) is 21.6. The van der Waals surface area contributed by atoms with Crippen LogP contribution in [0, 0.1) is 5.92 Å². The molecule has 1 fully saturated rings. The van der Waals surface area contributed by atoms with Gasteiger partial charge in [-0.1, -0.05) is 36.8 Å². The molecule has 0 bridgehead atoms. The molecule has 3 unspecified atom stereocenters. The van der Waals surface area contributed by atoms with Crippen LogP contribution < -0.4 is 17.2 Å². The van der Waals surface area contributed by atoms with E-state index in [-0.39, 0.29) is 25.4 Å². The zero-order valence-corrected chi connectivity index (χ0v) is 16.1. The Morgan fingerprint density at radius 3 is 2.55 bits per heavy atom. The first kappa shape index (κ1) is 22.8. The van der Waals surface area contributed by atoms with E-state index in [0.29, 0.717) is 19.3 Å². The number of nitrogens with two attached hydrogens (primary N) is 3. The highest BCUT2D eigenvalue weighted by Gasteiger charge is 2.50. The predicted molar refractivity (Wildman–Crippen MR) is 109 cm³/mol. The molecule has 0 radical (unpaired) electrons. The van der Waals surface area contributed by atoms with Crippen molar-refractivity contribution in [2.45, 2.75) is 37.2 Å². The van der Waals surface area contributed by atoms with E-state index in [4.69, 9.17) is 27.2 Å². The van der Waals surface area contributed by atoms with Gasteiger partial charge in [0.25, 0.3) is 5.91 Å². The van der Waals surface area contributed by atoms with Crippen LogP contribution in [0.4, 0.5) is 0 Å². The number of carbonyl (C=O) groups excluding carboxylic acids is 1. The second kappa shape index (κ2) is 9.83. The van der Waals surface area contributed by atoms with E-state index in [1.807, 2.05) is 30.3 Å². The van der Waals surface area contributed by atoms with E-state index in [9.17, 15) is 14.7 Å². The summed E-state index contributed by atoms with van der Waals surface area (Å²) in [6.45, 7) is 0.0894. The van der Waals surface area contributed by atoms with Crippen LogP contribution in [0.1, 0.15) is 18.4 Å². The molecule has 9 N–H and O–H groups in total. The van der Waals surface area contributed by atoms with Crippen molar-refractivity contribution in [3.05, 3.63) is 35.9 Å². The number of carboxylic acid groups (broad SMARTS) is 1. The van der Waals surface area contributed by atoms with Crippen molar-refractivity contribution in [3.63, 3.8) is 0 Å². The van der Waals surface area contributed by atoms with Crippen LogP contribution in [0.15, 0.2) is 35.3 Å². The topological polar surface area (TPSA) is 188 Å². The quantitative estimate of drug-likeness (QED) is 0.167. The lowest BCUT2D eigenvalue weighted by Crippen LogP contribution is -2.55. The van der Waals surface area contributed by atoms with Crippen LogP contribution in [0.3, 0.4) is 0 Å². The first-order valence-corrected chi connectivity index (χ1v) is 9.44. The zero-order valence-electron chi connectivity index (χ0n) is 16.1. The van der Waals surface area contributed by atoms with Crippen molar-refractivity contribution in [1.82, 2.24) is 4.90 Å². The molecule has 0 saturated carbocycles. The molecule has 1 amide bonds. The molecule has 1 aliphatic heterocycles. The van der Waals surface area contributed by atoms with Crippen LogP contribution in [-0.4, -0.2) is 69.7 Å². The van der Waals surface area contributed by atoms with Gasteiger partial charge in [-0.3, -0.25) is 9.59 Å². The maximum absolute atomic E-state index is 12.3. The fourth-order valence-electron chi connectivity index (χ4n) is 3.47. The third kappa shape index (κ3) is 6.00. The second-order valence-electron chi connectivity index (χ2n) is 7.44. The lowest BCUT2D eigenvalue weighted by Gasteiger charge is -2.25. The van der Waals surface area contributed by atoms with E-state index >= 15 is 0 Å². The Labute approximate surface area is 169 Å². The number of likely N-dealkylation sites (tertiary alicyclic amines) is 1. The van der Waals surface area contributed by atoms with Gasteiger partial charge in [-0.2, -0.15) is 4.99 Å². The average Bonchev–Trinajstić information content (AvgIpc) is 3.00. The van der Waals surface area contributed by atoms with Crippen molar-refractivity contribution in [2.24, 2.45) is 28.1 Å². The summed E-state index contributed by atoms with van der Waals surface area (Å²) >= 11 is 0. The molecule has 0 aromatic heterocycles. The van der Waals surface area contributed by atoms with Crippen LogP contribution in [0.25, 0.3) is 0 Å². The van der Waals surface area contributed by atoms with Gasteiger partial charge in [0.05, 0.1) is 6.04 Å². The summed E-state index contributed by atoms with van der Waals surface area (Å²) in [5.41, 5.74) is 17.3. The first-order valence-electron chi connectivity index (χ1n) is 9.44. The molecule has 10 nitrogen and oxygen atoms in total. The van der Waals surface area contributed by atoms with Gasteiger partial charge in [-0.25, -0.2) is 0 Å². The SMILES string of the molecule is NC(=NC(=O)C(N)Cc1ccccc1)N1CC(CCCB(O)O)C(N)(C(=O)O)C1. The van der Waals surface area contributed by atoms with Crippen molar-refractivity contribution in [1.29, 1.82) is 0 Å². The average molecular weight is 405 g/mol. The fraction of sp³-hybridized carbons (Fsp3) is 0.500. The molecule has 1 aromatic carbocycles. The summed E-state index contributed by atoms with van der Waals surface area (Å²) in [5.74, 6) is -2.40. The van der Waals surface area contributed by atoms with E-state index in [2.05, 4.69) is 4.99 Å². The van der Waals surface area contributed by atoms with Crippen molar-refractivity contribution in [3.8, 4) is 0 Å². The molecule has 1 aromatic rings. The van der Waals surface area contributed by atoms with Crippen LogP contribution in [0.2, 0.25) is 6.32 Å². The maximum Gasteiger partial charge on any atom is 0.451 e. The minimum Gasteiger partial charge on any atom is -0.480 e. The normalized spacial score (nSPS) is 23.1. The number of carbonyl (C=O) groups is 2. The molecule has 1 saturated heterocycles. The first-order chi connectivity index (χ1) is 13.6. The van der Waals surface area contributed by atoms with E-state index < -0.39 is 36.5 Å². The number of carboxylic acids is 1. The number of nitrogens with zero attached hydrogens (tertiary/aromatic N) is 2. The molecule has 11 heteroatoms. The summed E-state index contributed by atoms with van der Waals surface area (Å²) in [6, 6.07) is 8.38. The van der Waals surface area contributed by atoms with Crippen molar-refractivity contribution < 1.29 is 24.7 Å². The van der Waals surface area contributed by atoms with Gasteiger partial charge in [0.15, 0.2) is 5.96 Å². The number of hydrogen-bond donors (Lipinski definition) is 6. The van der Waals surface area contributed by atoms with Gasteiger partial charge in [-0.15, -0.1) is 0 Å². The third-order valence-corrected chi connectivity index (χ3v) is 5.20. The largest absolute Gasteiger partial charge is 0.480 e. The van der Waals surface area contributed by atoms with Gasteiger partial charge in [0.2, 0.25) is 0 Å². The smallest absolute Gasteiger partial charge is 0.451 e. The third-order valence-electron chi connectivity index (χ3n) is 5.20. The maximum atomic E-state index is 12.3. The number of aliphatic imine (C=N–C) groups is 1. The number of guanidine groups is 1. The number of aliphatic carboxylic acids is 1. The van der Waals surface area contributed by atoms with Crippen LogP contribution >= 0.6 is 0 Å². The summed E-state index contributed by atoms with van der Waals surface area (Å²) in [5, 5.41) is 27.5. The standard InChI is InChI=1S/C18H28BN5O5/c20-14(9-12-5-2-1-3-6-12)15(25)23-17(21)24-10-13(7-4-8-19(28)29)18(22,11-24)16(26)27/h1-3,5-6,13-14,28-29H,4,7-11,20,22H2,(H,26,27)(H2,21,23,25). The number of hydrogen-bond acceptors (Lipinski definition) is 6. The molecular weight excluding hydrogens is 377 g/mol. The molecule has 1 heterocycles. The van der Waals surface area contributed by atoms with Gasteiger partial charge in [-0.05, 0) is 24.7 Å². The Bertz CT molecular complexity index is 747. The van der Waals surface area contributed by atoms with Crippen molar-refractivity contribution in [2.75, 3.05) is 13.1 Å². The molecule has 0 aliphatic carbocycles. The molecule has 3 atom stereocenters. The molecule has 0 spiro atoms. The lowest BCUT2D eigenvalue weighted by atomic mass is 9.78. The Morgan fingerprint density at radius 2 is 1.97 bits per heavy atom. The number of amides is 1. The summed E-state index contributed by atoms with van der Waals surface area (Å²) in [4.78, 5) is 29.3. The molecule has 2 rings (SSSR count). The number of rotatable bonds is 8. The highest BCUT2D eigenvalue weighted by atomic mass is 16.4. The van der Waals surface area contributed by atoms with Crippen LogP contribution in [-0.2, 0) is 16.0 Å². The minimum absolute atomic E-state index is 0.106. The molecular formula is C18H28BN5O5. The highest BCUT2D eigenvalue weighted by Crippen LogP contribution is 2.30. The molecule has 158 valence electrons. The Balaban J connectivity index is 2.03. The second-order valence-corrected chi connectivity index (χ2v) is 7.44. The van der Waals surface area contributed by atoms with Gasteiger partial charge >= 0.3 is 13.1 Å². The van der Waals surface area contributed by atoms with E-state index in [0.717, 1.165) is 5.56 Å². The predicted octanol–water partition coefficient (Wildman–Crippen LogP) is -1.64.